The van der Waals surface area contributed by atoms with Crippen molar-refractivity contribution in [2.75, 3.05) is 11.9 Å². The molecule has 1 aromatic carbocycles. The Balaban J connectivity index is 2.47. The van der Waals surface area contributed by atoms with Crippen LogP contribution in [0.2, 0.25) is 0 Å². The smallest absolute Gasteiger partial charge is 0.313 e. The van der Waals surface area contributed by atoms with Crippen LogP contribution in [0.25, 0.3) is 0 Å². The average Bonchev–Trinajstić information content (AvgIpc) is 2.33. The van der Waals surface area contributed by atoms with E-state index in [1.54, 1.807) is 0 Å². The van der Waals surface area contributed by atoms with E-state index in [0.717, 1.165) is 30.4 Å². The fourth-order valence-corrected chi connectivity index (χ4v) is 1.89. The van der Waals surface area contributed by atoms with E-state index < -0.39 is 11.8 Å². The van der Waals surface area contributed by atoms with Crippen LogP contribution in [0.15, 0.2) is 18.2 Å². The maximum absolute atomic E-state index is 11.7. The highest BCUT2D eigenvalue weighted by Crippen LogP contribution is 2.13. The van der Waals surface area contributed by atoms with Gasteiger partial charge in [0.25, 0.3) is 0 Å². The van der Waals surface area contributed by atoms with Crippen LogP contribution in [0, 0.1) is 13.8 Å². The second-order valence-electron chi connectivity index (χ2n) is 4.79. The predicted octanol–water partition coefficient (Wildman–Crippen LogP) is 2.55. The maximum Gasteiger partial charge on any atom is 0.313 e. The van der Waals surface area contributed by atoms with Gasteiger partial charge in [0.05, 0.1) is 0 Å². The summed E-state index contributed by atoms with van der Waals surface area (Å²) in [6.07, 6.45) is 3.04. The fourth-order valence-electron chi connectivity index (χ4n) is 1.89. The first-order valence-corrected chi connectivity index (χ1v) is 6.70. The standard InChI is InChI=1S/C15H22N2O2/c1-4-5-6-7-16-14(18)15(19)17-13-9-11(2)8-12(3)10-13/h8-10H,4-7H2,1-3H3,(H,16,18)(H,17,19). The molecule has 0 atom stereocenters. The zero-order chi connectivity index (χ0) is 14.3. The van der Waals surface area contributed by atoms with Crippen molar-refractivity contribution in [3.8, 4) is 0 Å². The van der Waals surface area contributed by atoms with Crippen LogP contribution in [-0.4, -0.2) is 18.4 Å². The summed E-state index contributed by atoms with van der Waals surface area (Å²) in [5, 5.41) is 5.23. The van der Waals surface area contributed by atoms with Gasteiger partial charge in [-0.25, -0.2) is 0 Å². The lowest BCUT2D eigenvalue weighted by Gasteiger charge is -2.08. The number of hydrogen-bond acceptors (Lipinski definition) is 2. The predicted molar refractivity (Wildman–Crippen MR) is 77.1 cm³/mol. The summed E-state index contributed by atoms with van der Waals surface area (Å²) in [6, 6.07) is 5.70. The summed E-state index contributed by atoms with van der Waals surface area (Å²) < 4.78 is 0. The lowest BCUT2D eigenvalue weighted by atomic mass is 10.1. The molecule has 0 spiro atoms. The Morgan fingerprint density at radius 3 is 2.21 bits per heavy atom. The van der Waals surface area contributed by atoms with Crippen LogP contribution in [0.1, 0.15) is 37.3 Å². The summed E-state index contributed by atoms with van der Waals surface area (Å²) >= 11 is 0. The van der Waals surface area contributed by atoms with Crippen molar-refractivity contribution in [2.24, 2.45) is 0 Å². The Labute approximate surface area is 114 Å². The summed E-state index contributed by atoms with van der Waals surface area (Å²) in [5.74, 6) is -1.18. The zero-order valence-corrected chi connectivity index (χ0v) is 11.9. The van der Waals surface area contributed by atoms with Crippen molar-refractivity contribution in [3.63, 3.8) is 0 Å². The maximum atomic E-state index is 11.7. The number of hydrogen-bond donors (Lipinski definition) is 2. The second-order valence-corrected chi connectivity index (χ2v) is 4.79. The molecule has 104 valence electrons. The van der Waals surface area contributed by atoms with Gasteiger partial charge in [0.15, 0.2) is 0 Å². The molecular weight excluding hydrogens is 240 g/mol. The van der Waals surface area contributed by atoms with E-state index in [1.165, 1.54) is 0 Å². The van der Waals surface area contributed by atoms with Crippen molar-refractivity contribution in [1.82, 2.24) is 5.32 Å². The van der Waals surface area contributed by atoms with E-state index in [1.807, 2.05) is 32.0 Å². The first kappa shape index (κ1) is 15.2. The number of benzene rings is 1. The van der Waals surface area contributed by atoms with Crippen molar-refractivity contribution in [3.05, 3.63) is 29.3 Å². The summed E-state index contributed by atoms with van der Waals surface area (Å²) in [7, 11) is 0. The average molecular weight is 262 g/mol. The molecule has 0 aromatic heterocycles. The lowest BCUT2D eigenvalue weighted by molar-refractivity contribution is -0.136. The van der Waals surface area contributed by atoms with Gasteiger partial charge in [-0.2, -0.15) is 0 Å². The molecule has 0 heterocycles. The third-order valence-electron chi connectivity index (χ3n) is 2.75. The molecular formula is C15H22N2O2. The SMILES string of the molecule is CCCCCNC(=O)C(=O)Nc1cc(C)cc(C)c1. The normalized spacial score (nSPS) is 10.1. The number of aryl methyl sites for hydroxylation is 2. The van der Waals surface area contributed by atoms with Crippen molar-refractivity contribution in [1.29, 1.82) is 0 Å². The van der Waals surface area contributed by atoms with Gasteiger partial charge in [-0.15, -0.1) is 0 Å². The van der Waals surface area contributed by atoms with Crippen LogP contribution in [0.3, 0.4) is 0 Å². The van der Waals surface area contributed by atoms with Crippen LogP contribution >= 0.6 is 0 Å². The highest BCUT2D eigenvalue weighted by molar-refractivity contribution is 6.39. The minimum absolute atomic E-state index is 0.549. The minimum Gasteiger partial charge on any atom is -0.348 e. The highest BCUT2D eigenvalue weighted by atomic mass is 16.2. The molecule has 4 heteroatoms. The number of amides is 2. The van der Waals surface area contributed by atoms with Gasteiger partial charge < -0.3 is 10.6 Å². The van der Waals surface area contributed by atoms with Crippen molar-refractivity contribution >= 4 is 17.5 Å². The van der Waals surface area contributed by atoms with Gasteiger partial charge in [0.2, 0.25) is 0 Å². The van der Waals surface area contributed by atoms with Gasteiger partial charge in [0.1, 0.15) is 0 Å². The van der Waals surface area contributed by atoms with E-state index in [9.17, 15) is 9.59 Å². The molecule has 0 aliphatic rings. The first-order chi connectivity index (χ1) is 9.02. The largest absolute Gasteiger partial charge is 0.348 e. The van der Waals surface area contributed by atoms with E-state index in [2.05, 4.69) is 17.6 Å². The molecule has 0 saturated heterocycles. The molecule has 4 nitrogen and oxygen atoms in total. The number of carbonyl (C=O) groups is 2. The van der Waals surface area contributed by atoms with E-state index in [4.69, 9.17) is 0 Å². The Bertz CT molecular complexity index is 435. The monoisotopic (exact) mass is 262 g/mol. The highest BCUT2D eigenvalue weighted by Gasteiger charge is 2.12. The molecule has 1 rings (SSSR count). The molecule has 2 N–H and O–H groups in total. The van der Waals surface area contributed by atoms with E-state index >= 15 is 0 Å². The van der Waals surface area contributed by atoms with Gasteiger partial charge in [-0.3, -0.25) is 9.59 Å². The second kappa shape index (κ2) is 7.56. The van der Waals surface area contributed by atoms with Crippen molar-refractivity contribution in [2.45, 2.75) is 40.0 Å². The van der Waals surface area contributed by atoms with Crippen LogP contribution < -0.4 is 10.6 Å². The van der Waals surface area contributed by atoms with Gasteiger partial charge in [-0.1, -0.05) is 25.8 Å². The molecule has 1 aromatic rings. The minimum atomic E-state index is -0.610. The molecule has 0 fully saturated rings. The summed E-state index contributed by atoms with van der Waals surface area (Å²) in [4.78, 5) is 23.2. The Hall–Kier alpha value is -1.84. The van der Waals surface area contributed by atoms with Gasteiger partial charge in [-0.05, 0) is 43.5 Å². The summed E-state index contributed by atoms with van der Waals surface area (Å²) in [5.41, 5.74) is 2.77. The van der Waals surface area contributed by atoms with E-state index in [0.29, 0.717) is 12.2 Å². The molecule has 0 saturated carbocycles. The Kier molecular flexibility index (Phi) is 6.06. The number of rotatable bonds is 5. The number of nitrogens with one attached hydrogen (secondary N) is 2. The molecule has 2 amide bonds. The lowest BCUT2D eigenvalue weighted by Crippen LogP contribution is -2.35. The molecule has 19 heavy (non-hydrogen) atoms. The third-order valence-corrected chi connectivity index (χ3v) is 2.75. The number of carbonyl (C=O) groups excluding carboxylic acids is 2. The third kappa shape index (κ3) is 5.55. The zero-order valence-electron chi connectivity index (χ0n) is 11.9. The van der Waals surface area contributed by atoms with Gasteiger partial charge in [0, 0.05) is 12.2 Å². The van der Waals surface area contributed by atoms with Gasteiger partial charge >= 0.3 is 11.8 Å². The molecule has 0 aliphatic carbocycles. The summed E-state index contributed by atoms with van der Waals surface area (Å²) in [6.45, 7) is 6.54. The topological polar surface area (TPSA) is 58.2 Å². The quantitative estimate of drug-likeness (QED) is 0.633. The molecule has 0 aliphatic heterocycles. The Morgan fingerprint density at radius 1 is 1.00 bits per heavy atom. The number of anilines is 1. The van der Waals surface area contributed by atoms with E-state index in [-0.39, 0.29) is 0 Å². The molecule has 0 unspecified atom stereocenters. The van der Waals surface area contributed by atoms with Crippen LogP contribution in [0.5, 0.6) is 0 Å². The van der Waals surface area contributed by atoms with Crippen LogP contribution in [0.4, 0.5) is 5.69 Å². The molecule has 0 radical (unpaired) electrons. The molecule has 0 bridgehead atoms. The number of unbranched alkanes of at least 4 members (excludes halogenated alkanes) is 2. The van der Waals surface area contributed by atoms with Crippen molar-refractivity contribution < 1.29 is 9.59 Å². The fraction of sp³-hybridized carbons (Fsp3) is 0.467. The van der Waals surface area contributed by atoms with Crippen LogP contribution in [-0.2, 0) is 9.59 Å². The Morgan fingerprint density at radius 2 is 1.63 bits per heavy atom. The first-order valence-electron chi connectivity index (χ1n) is 6.70.